The second-order valence-corrected chi connectivity index (χ2v) is 8.18. The van der Waals surface area contributed by atoms with Crippen LogP contribution in [0.5, 0.6) is 5.75 Å². The Morgan fingerprint density at radius 2 is 2.09 bits per heavy atom. The zero-order chi connectivity index (χ0) is 16.2. The predicted octanol–water partition coefficient (Wildman–Crippen LogP) is 4.14. The van der Waals surface area contributed by atoms with Gasteiger partial charge in [-0.25, -0.2) is 4.52 Å². The van der Waals surface area contributed by atoms with Crippen molar-refractivity contribution in [3.05, 3.63) is 29.3 Å². The first-order valence-electron chi connectivity index (χ1n) is 8.49. The van der Waals surface area contributed by atoms with Gasteiger partial charge in [0.25, 0.3) is 0 Å². The topological polar surface area (TPSA) is 63.6 Å². The number of carbonyl (C=O) groups excluding carboxylic acids is 1. The van der Waals surface area contributed by atoms with Crippen LogP contribution < -0.4 is 4.52 Å². The van der Waals surface area contributed by atoms with Gasteiger partial charge in [-0.2, -0.15) is 0 Å². The molecule has 5 unspecified atom stereocenters. The third-order valence-electron chi connectivity index (χ3n) is 6.59. The molecule has 2 fully saturated rings. The van der Waals surface area contributed by atoms with Crippen molar-refractivity contribution in [2.75, 3.05) is 0 Å². The molecule has 0 spiro atoms. The minimum atomic E-state index is -2.61. The van der Waals surface area contributed by atoms with E-state index in [0.717, 1.165) is 38.5 Å². The van der Waals surface area contributed by atoms with Crippen molar-refractivity contribution in [1.29, 1.82) is 0 Å². The zero-order valence-corrected chi connectivity index (χ0v) is 14.2. The van der Waals surface area contributed by atoms with Gasteiger partial charge < -0.3 is 0 Å². The average molecular weight is 333 g/mol. The van der Waals surface area contributed by atoms with Gasteiger partial charge in [-0.05, 0) is 73.1 Å². The first-order valence-corrected chi connectivity index (χ1v) is 9.62. The highest BCUT2D eigenvalue weighted by Crippen LogP contribution is 2.59. The third kappa shape index (κ3) is 2.35. The number of ketones is 1. The number of rotatable bonds is 2. The Labute approximate surface area is 137 Å². The Hall–Kier alpha value is -1.25. The predicted molar refractivity (Wildman–Crippen MR) is 86.5 cm³/mol. The molecule has 2 saturated carbocycles. The molecular weight excluding hydrogens is 311 g/mol. The molecule has 0 amide bonds. The highest BCUT2D eigenvalue weighted by atomic mass is 31.1. The molecule has 5 atom stereocenters. The lowest BCUT2D eigenvalue weighted by Crippen LogP contribution is -2.42. The van der Waals surface area contributed by atoms with E-state index < -0.39 is 8.25 Å². The fourth-order valence-electron chi connectivity index (χ4n) is 5.48. The summed E-state index contributed by atoms with van der Waals surface area (Å²) in [7, 11) is -2.61. The van der Waals surface area contributed by atoms with Crippen LogP contribution >= 0.6 is 8.25 Å². The minimum absolute atomic E-state index is 0.0863. The lowest BCUT2D eigenvalue weighted by Gasteiger charge is -2.48. The van der Waals surface area contributed by atoms with E-state index in [2.05, 4.69) is 13.0 Å². The Morgan fingerprint density at radius 3 is 2.87 bits per heavy atom. The number of benzene rings is 1. The molecule has 0 bridgehead atoms. The van der Waals surface area contributed by atoms with Gasteiger partial charge in [0.2, 0.25) is 0 Å². The lowest BCUT2D eigenvalue weighted by atomic mass is 9.55. The van der Waals surface area contributed by atoms with Crippen LogP contribution in [0.25, 0.3) is 0 Å². The van der Waals surface area contributed by atoms with Crippen molar-refractivity contribution >= 4 is 14.0 Å². The van der Waals surface area contributed by atoms with E-state index in [0.29, 0.717) is 29.3 Å². The van der Waals surface area contributed by atoms with E-state index in [1.807, 2.05) is 6.07 Å². The van der Waals surface area contributed by atoms with Crippen molar-refractivity contribution < 1.29 is 18.8 Å². The summed E-state index contributed by atoms with van der Waals surface area (Å²) in [6, 6.07) is 5.79. The molecule has 0 aliphatic heterocycles. The largest absolute Gasteiger partial charge is 0.747 e. The van der Waals surface area contributed by atoms with E-state index in [-0.39, 0.29) is 5.41 Å². The molecule has 4 rings (SSSR count). The third-order valence-corrected chi connectivity index (χ3v) is 6.96. The fourth-order valence-corrected chi connectivity index (χ4v) is 5.77. The molecule has 3 aliphatic carbocycles. The summed E-state index contributed by atoms with van der Waals surface area (Å²) >= 11 is 0. The molecule has 0 aromatic heterocycles. The standard InChI is InChI=1S/C18H21O4P/c1-18-9-8-14-13-5-3-12(22-23(20)21)10-11(13)2-4-15(14)16(18)6-7-17(18)19/h3,5,10,14-16H,2,4,6-9H2,1H3/p+1. The SMILES string of the molecule is CC12CCC3c4ccc(O[P+](=O)O)cc4CCC3C1CCC2=O. The van der Waals surface area contributed by atoms with Crippen LogP contribution in [0.15, 0.2) is 18.2 Å². The van der Waals surface area contributed by atoms with E-state index in [1.165, 1.54) is 11.1 Å². The van der Waals surface area contributed by atoms with Crippen LogP contribution in [0.2, 0.25) is 0 Å². The van der Waals surface area contributed by atoms with Gasteiger partial charge in [0.15, 0.2) is 5.75 Å². The van der Waals surface area contributed by atoms with E-state index >= 15 is 0 Å². The smallest absolute Gasteiger partial charge is 0.299 e. The average Bonchev–Trinajstić information content (AvgIpc) is 2.82. The molecule has 5 heteroatoms. The van der Waals surface area contributed by atoms with Crippen molar-refractivity contribution in [1.82, 2.24) is 0 Å². The Balaban J connectivity index is 1.65. The maximum absolute atomic E-state index is 12.3. The lowest BCUT2D eigenvalue weighted by molar-refractivity contribution is -0.129. The summed E-state index contributed by atoms with van der Waals surface area (Å²) in [5.74, 6) is 2.61. The van der Waals surface area contributed by atoms with Gasteiger partial charge in [-0.1, -0.05) is 13.0 Å². The summed E-state index contributed by atoms with van der Waals surface area (Å²) in [4.78, 5) is 21.2. The first-order chi connectivity index (χ1) is 11.0. The summed E-state index contributed by atoms with van der Waals surface area (Å²) in [6.45, 7) is 2.19. The van der Waals surface area contributed by atoms with Crippen molar-refractivity contribution in [2.24, 2.45) is 17.3 Å². The van der Waals surface area contributed by atoms with E-state index in [9.17, 15) is 9.36 Å². The number of fused-ring (bicyclic) bond motifs is 5. The highest BCUT2D eigenvalue weighted by molar-refractivity contribution is 7.32. The molecule has 4 nitrogen and oxygen atoms in total. The Morgan fingerprint density at radius 1 is 1.26 bits per heavy atom. The van der Waals surface area contributed by atoms with Gasteiger partial charge in [-0.3, -0.25) is 4.79 Å². The molecular formula is C18H22O4P+. The van der Waals surface area contributed by atoms with Crippen molar-refractivity contribution in [2.45, 2.75) is 51.4 Å². The molecule has 0 saturated heterocycles. The van der Waals surface area contributed by atoms with Crippen LogP contribution in [0.4, 0.5) is 0 Å². The monoisotopic (exact) mass is 333 g/mol. The number of Topliss-reactive ketones (excluding diaryl/α,β-unsaturated/α-hetero) is 1. The summed E-state index contributed by atoms with van der Waals surface area (Å²) in [5, 5.41) is 0. The second kappa shape index (κ2) is 5.39. The van der Waals surface area contributed by atoms with Crippen LogP contribution in [-0.4, -0.2) is 10.7 Å². The van der Waals surface area contributed by atoms with Crippen molar-refractivity contribution in [3.8, 4) is 5.75 Å². The molecule has 122 valence electrons. The Kier molecular flexibility index (Phi) is 3.58. The number of hydrogen-bond acceptors (Lipinski definition) is 3. The molecule has 0 radical (unpaired) electrons. The zero-order valence-electron chi connectivity index (χ0n) is 13.3. The molecule has 1 N–H and O–H groups in total. The van der Waals surface area contributed by atoms with Gasteiger partial charge in [0, 0.05) is 16.4 Å². The Bertz CT molecular complexity index is 686. The molecule has 23 heavy (non-hydrogen) atoms. The minimum Gasteiger partial charge on any atom is -0.299 e. The molecule has 1 aromatic rings. The number of hydrogen-bond donors (Lipinski definition) is 1. The van der Waals surface area contributed by atoms with Crippen molar-refractivity contribution in [3.63, 3.8) is 0 Å². The molecule has 0 heterocycles. The highest BCUT2D eigenvalue weighted by Gasteiger charge is 2.54. The van der Waals surface area contributed by atoms with Crippen LogP contribution in [0, 0.1) is 17.3 Å². The quantitative estimate of drug-likeness (QED) is 0.826. The summed E-state index contributed by atoms with van der Waals surface area (Å²) < 4.78 is 15.8. The van der Waals surface area contributed by atoms with Gasteiger partial charge >= 0.3 is 8.25 Å². The summed E-state index contributed by atoms with van der Waals surface area (Å²) in [6.07, 6.45) is 5.96. The molecule has 1 aromatic carbocycles. The first kappa shape index (κ1) is 15.3. The van der Waals surface area contributed by atoms with Crippen LogP contribution in [-0.2, 0) is 15.8 Å². The van der Waals surface area contributed by atoms with E-state index in [4.69, 9.17) is 9.42 Å². The normalized spacial score (nSPS) is 36.0. The maximum Gasteiger partial charge on any atom is 0.747 e. The molecule has 3 aliphatic rings. The van der Waals surface area contributed by atoms with Crippen LogP contribution in [0.1, 0.15) is 56.1 Å². The number of aryl methyl sites for hydroxylation is 1. The van der Waals surface area contributed by atoms with Crippen LogP contribution in [0.3, 0.4) is 0 Å². The van der Waals surface area contributed by atoms with Gasteiger partial charge in [0.1, 0.15) is 5.78 Å². The fraction of sp³-hybridized carbons (Fsp3) is 0.611. The second-order valence-electron chi connectivity index (χ2n) is 7.52. The number of carbonyl (C=O) groups is 1. The van der Waals surface area contributed by atoms with Gasteiger partial charge in [-0.15, -0.1) is 4.89 Å². The van der Waals surface area contributed by atoms with Gasteiger partial charge in [0.05, 0.1) is 0 Å². The summed E-state index contributed by atoms with van der Waals surface area (Å²) in [5.41, 5.74) is 2.52. The maximum atomic E-state index is 12.3. The van der Waals surface area contributed by atoms with E-state index in [1.54, 1.807) is 6.07 Å².